The first kappa shape index (κ1) is 28.7. The van der Waals surface area contributed by atoms with Crippen molar-refractivity contribution in [1.82, 2.24) is 4.90 Å². The van der Waals surface area contributed by atoms with Crippen molar-refractivity contribution < 1.29 is 24.2 Å². The molecule has 1 aliphatic rings. The molecule has 0 bridgehead atoms. The summed E-state index contributed by atoms with van der Waals surface area (Å²) in [6, 6.07) is 25.6. The number of halogens is 1. The summed E-state index contributed by atoms with van der Waals surface area (Å²) in [6.07, 6.45) is 0.656. The van der Waals surface area contributed by atoms with Gasteiger partial charge in [0.15, 0.2) is 5.75 Å². The third kappa shape index (κ3) is 6.24. The van der Waals surface area contributed by atoms with E-state index in [-0.39, 0.29) is 18.4 Å². The summed E-state index contributed by atoms with van der Waals surface area (Å²) in [5.41, 5.74) is 4.01. The van der Waals surface area contributed by atoms with E-state index in [2.05, 4.69) is 10.6 Å². The van der Waals surface area contributed by atoms with E-state index < -0.39 is 18.0 Å². The fraction of sp³-hybridized carbons (Fsp3) is 0.182. The molecular formula is C33H30ClN3O5. The number of fused-ring (bicyclic) bond motifs is 1. The molecule has 0 saturated carbocycles. The van der Waals surface area contributed by atoms with Gasteiger partial charge in [0.1, 0.15) is 11.8 Å². The van der Waals surface area contributed by atoms with E-state index in [1.807, 2.05) is 56.3 Å². The Balaban J connectivity index is 1.27. The minimum absolute atomic E-state index is 0.167. The first-order chi connectivity index (χ1) is 20.2. The monoisotopic (exact) mass is 583 g/mol. The van der Waals surface area contributed by atoms with Crippen LogP contribution in [-0.4, -0.2) is 34.0 Å². The van der Waals surface area contributed by atoms with E-state index in [1.165, 1.54) is 4.90 Å². The lowest BCUT2D eigenvalue weighted by Crippen LogP contribution is -2.45. The molecule has 9 heteroatoms. The number of urea groups is 1. The van der Waals surface area contributed by atoms with Gasteiger partial charge in [-0.05, 0) is 65.1 Å². The molecule has 4 aromatic rings. The van der Waals surface area contributed by atoms with Crippen molar-refractivity contribution in [3.05, 3.63) is 107 Å². The second kappa shape index (κ2) is 12.4. The van der Waals surface area contributed by atoms with Crippen LogP contribution in [0.3, 0.4) is 0 Å². The van der Waals surface area contributed by atoms with Crippen LogP contribution >= 0.6 is 11.6 Å². The van der Waals surface area contributed by atoms with E-state index in [9.17, 15) is 19.5 Å². The highest BCUT2D eigenvalue weighted by atomic mass is 35.5. The van der Waals surface area contributed by atoms with E-state index in [1.54, 1.807) is 48.5 Å². The van der Waals surface area contributed by atoms with Gasteiger partial charge in [-0.1, -0.05) is 74.3 Å². The van der Waals surface area contributed by atoms with Crippen molar-refractivity contribution in [1.29, 1.82) is 0 Å². The molecule has 1 aliphatic heterocycles. The van der Waals surface area contributed by atoms with Crippen LogP contribution < -0.4 is 15.4 Å². The van der Waals surface area contributed by atoms with Crippen LogP contribution in [0.4, 0.5) is 16.2 Å². The zero-order chi connectivity index (χ0) is 29.8. The van der Waals surface area contributed by atoms with Crippen LogP contribution in [0.25, 0.3) is 11.1 Å². The van der Waals surface area contributed by atoms with Gasteiger partial charge in [0.05, 0.1) is 5.69 Å². The van der Waals surface area contributed by atoms with Gasteiger partial charge in [-0.15, -0.1) is 0 Å². The number of carbonyl (C=O) groups is 3. The van der Waals surface area contributed by atoms with Crippen molar-refractivity contribution in [3.8, 4) is 22.6 Å². The lowest BCUT2D eigenvalue weighted by atomic mass is 9.98. The number of ether oxygens (including phenoxy) is 1. The molecule has 0 aromatic heterocycles. The summed E-state index contributed by atoms with van der Waals surface area (Å²) in [4.78, 5) is 39.4. The second-order valence-electron chi connectivity index (χ2n) is 10.2. The van der Waals surface area contributed by atoms with Crippen molar-refractivity contribution in [2.45, 2.75) is 32.9 Å². The molecule has 3 amide bonds. The maximum atomic E-state index is 13.2. The molecular weight excluding hydrogens is 554 g/mol. The minimum Gasteiger partial charge on any atom is -0.480 e. The Morgan fingerprint density at radius 2 is 1.67 bits per heavy atom. The molecule has 5 rings (SSSR count). The standard InChI is InChI=1S/C33H30ClN3O5/c1-3-20(2)30(32(39)40)37-19-23-10-9-22(17-27(23)31(37)38)21-11-14-25(15-12-21)35-33(41)36-28-16-13-24(34)18-29(28)42-26-7-5-4-6-8-26/h4-18,20,30H,3,19H2,1-2H3,(H,39,40)(H2,35,36,41). The minimum atomic E-state index is -0.992. The van der Waals surface area contributed by atoms with Crippen molar-refractivity contribution in [2.24, 2.45) is 5.92 Å². The predicted octanol–water partition coefficient (Wildman–Crippen LogP) is 7.90. The highest BCUT2D eigenvalue weighted by molar-refractivity contribution is 6.30. The Morgan fingerprint density at radius 3 is 2.36 bits per heavy atom. The Hall–Kier alpha value is -4.82. The first-order valence-electron chi connectivity index (χ1n) is 13.6. The van der Waals surface area contributed by atoms with Gasteiger partial charge in [0.25, 0.3) is 5.91 Å². The summed E-state index contributed by atoms with van der Waals surface area (Å²) in [6.45, 7) is 4.05. The molecule has 3 N–H and O–H groups in total. The normalized spacial score (nSPS) is 13.7. The second-order valence-corrected chi connectivity index (χ2v) is 10.6. The highest BCUT2D eigenvalue weighted by Gasteiger charge is 2.39. The number of carboxylic acids is 1. The fourth-order valence-corrected chi connectivity index (χ4v) is 5.13. The molecule has 0 radical (unpaired) electrons. The van der Waals surface area contributed by atoms with Crippen LogP contribution in [0.2, 0.25) is 5.02 Å². The number of carbonyl (C=O) groups excluding carboxylic acids is 2. The van der Waals surface area contributed by atoms with Crippen molar-refractivity contribution in [2.75, 3.05) is 10.6 Å². The summed E-state index contributed by atoms with van der Waals surface area (Å²) < 4.78 is 5.91. The molecule has 0 saturated heterocycles. The van der Waals surface area contributed by atoms with Gasteiger partial charge in [0.2, 0.25) is 0 Å². The lowest BCUT2D eigenvalue weighted by molar-refractivity contribution is -0.144. The van der Waals surface area contributed by atoms with Crippen LogP contribution in [0.5, 0.6) is 11.5 Å². The topological polar surface area (TPSA) is 108 Å². The summed E-state index contributed by atoms with van der Waals surface area (Å²) in [5, 5.41) is 15.9. The first-order valence-corrected chi connectivity index (χ1v) is 14.0. The molecule has 214 valence electrons. The maximum absolute atomic E-state index is 13.2. The van der Waals surface area contributed by atoms with Gasteiger partial charge in [-0.2, -0.15) is 0 Å². The van der Waals surface area contributed by atoms with Crippen LogP contribution in [0.1, 0.15) is 36.2 Å². The quantitative estimate of drug-likeness (QED) is 0.186. The lowest BCUT2D eigenvalue weighted by Gasteiger charge is -2.28. The maximum Gasteiger partial charge on any atom is 0.326 e. The van der Waals surface area contributed by atoms with E-state index in [0.29, 0.717) is 39.9 Å². The summed E-state index contributed by atoms with van der Waals surface area (Å²) in [7, 11) is 0. The van der Waals surface area contributed by atoms with Gasteiger partial charge < -0.3 is 25.4 Å². The zero-order valence-corrected chi connectivity index (χ0v) is 23.9. The Morgan fingerprint density at radius 1 is 0.952 bits per heavy atom. The third-order valence-corrected chi connectivity index (χ3v) is 7.59. The molecule has 8 nitrogen and oxygen atoms in total. The van der Waals surface area contributed by atoms with E-state index in [0.717, 1.165) is 16.7 Å². The largest absolute Gasteiger partial charge is 0.480 e. The Bertz CT molecular complexity index is 1630. The number of para-hydroxylation sites is 1. The number of carboxylic acid groups (broad SMARTS) is 1. The summed E-state index contributed by atoms with van der Waals surface area (Å²) >= 11 is 6.15. The van der Waals surface area contributed by atoms with Gasteiger partial charge in [-0.25, -0.2) is 9.59 Å². The van der Waals surface area contributed by atoms with Crippen LogP contribution in [0.15, 0.2) is 91.0 Å². The molecule has 2 unspecified atom stereocenters. The van der Waals surface area contributed by atoms with Gasteiger partial charge in [0, 0.05) is 28.9 Å². The van der Waals surface area contributed by atoms with Crippen LogP contribution in [0, 0.1) is 5.92 Å². The number of nitrogens with zero attached hydrogens (tertiary/aromatic N) is 1. The predicted molar refractivity (Wildman–Crippen MR) is 163 cm³/mol. The van der Waals surface area contributed by atoms with Crippen LogP contribution in [-0.2, 0) is 11.3 Å². The van der Waals surface area contributed by atoms with Gasteiger partial charge >= 0.3 is 12.0 Å². The summed E-state index contributed by atoms with van der Waals surface area (Å²) in [5.74, 6) is -0.416. The average molecular weight is 584 g/mol. The van der Waals surface area contributed by atoms with E-state index in [4.69, 9.17) is 16.3 Å². The third-order valence-electron chi connectivity index (χ3n) is 7.35. The Kier molecular flexibility index (Phi) is 8.45. The molecule has 42 heavy (non-hydrogen) atoms. The zero-order valence-electron chi connectivity index (χ0n) is 23.1. The SMILES string of the molecule is CCC(C)C(C(=O)O)N1Cc2ccc(-c3ccc(NC(=O)Nc4ccc(Cl)cc4Oc4ccccc4)cc3)cc2C1=O. The number of rotatable bonds is 9. The fourth-order valence-electron chi connectivity index (χ4n) is 4.96. The number of aliphatic carboxylic acids is 1. The molecule has 1 heterocycles. The molecule has 2 atom stereocenters. The molecule has 4 aromatic carbocycles. The van der Waals surface area contributed by atoms with Crippen molar-refractivity contribution in [3.63, 3.8) is 0 Å². The van der Waals surface area contributed by atoms with Crippen molar-refractivity contribution >= 4 is 40.9 Å². The number of hydrogen-bond donors (Lipinski definition) is 3. The highest BCUT2D eigenvalue weighted by Crippen LogP contribution is 2.34. The smallest absolute Gasteiger partial charge is 0.326 e. The molecule has 0 spiro atoms. The number of anilines is 2. The van der Waals surface area contributed by atoms with E-state index >= 15 is 0 Å². The molecule has 0 aliphatic carbocycles. The van der Waals surface area contributed by atoms with Gasteiger partial charge in [-0.3, -0.25) is 4.79 Å². The Labute approximate surface area is 248 Å². The number of benzene rings is 4. The molecule has 0 fully saturated rings. The number of hydrogen-bond acceptors (Lipinski definition) is 4. The average Bonchev–Trinajstić information content (AvgIpc) is 3.30. The number of nitrogens with one attached hydrogen (secondary N) is 2. The number of amides is 3.